The summed E-state index contributed by atoms with van der Waals surface area (Å²) in [5.74, 6) is 0.675. The molecule has 7 aromatic carbocycles. The first-order valence-corrected chi connectivity index (χ1v) is 17.1. The molecule has 3 heteroatoms. The normalized spacial score (nSPS) is 13.4. The Balaban J connectivity index is 1.20. The zero-order chi connectivity index (χ0) is 32.8. The molecule has 0 aliphatic heterocycles. The predicted octanol–water partition coefficient (Wildman–Crippen LogP) is 11.7. The first kappa shape index (κ1) is 27.4. The molecular formula is C47H28N2O. The van der Waals surface area contributed by atoms with Crippen LogP contribution in [-0.2, 0) is 5.41 Å². The molecule has 2 heterocycles. The van der Waals surface area contributed by atoms with Crippen LogP contribution in [0.3, 0.4) is 0 Å². The van der Waals surface area contributed by atoms with Crippen molar-refractivity contribution in [2.24, 2.45) is 0 Å². The van der Waals surface area contributed by atoms with Gasteiger partial charge in [-0.2, -0.15) is 0 Å². The van der Waals surface area contributed by atoms with Crippen molar-refractivity contribution in [3.63, 3.8) is 0 Å². The third kappa shape index (κ3) is 3.58. The van der Waals surface area contributed by atoms with Crippen molar-refractivity contribution in [2.75, 3.05) is 0 Å². The van der Waals surface area contributed by atoms with Crippen molar-refractivity contribution < 1.29 is 4.42 Å². The smallest absolute Gasteiger partial charge is 0.161 e. The Hall–Kier alpha value is -6.58. The average Bonchev–Trinajstić information content (AvgIpc) is 3.83. The molecule has 2 aliphatic carbocycles. The first-order chi connectivity index (χ1) is 24.8. The Morgan fingerprint density at radius 2 is 0.940 bits per heavy atom. The van der Waals surface area contributed by atoms with E-state index in [1.54, 1.807) is 0 Å². The molecule has 11 rings (SSSR count). The van der Waals surface area contributed by atoms with E-state index in [0.717, 1.165) is 55.6 Å². The molecule has 0 amide bonds. The number of rotatable bonds is 3. The van der Waals surface area contributed by atoms with Crippen molar-refractivity contribution in [1.82, 2.24) is 9.97 Å². The van der Waals surface area contributed by atoms with E-state index in [2.05, 4.69) is 158 Å². The van der Waals surface area contributed by atoms with Crippen LogP contribution >= 0.6 is 0 Å². The van der Waals surface area contributed by atoms with Gasteiger partial charge in [0.1, 0.15) is 11.2 Å². The van der Waals surface area contributed by atoms with E-state index in [1.165, 1.54) is 38.9 Å². The molecule has 0 bridgehead atoms. The zero-order valence-electron chi connectivity index (χ0n) is 27.0. The van der Waals surface area contributed by atoms with Gasteiger partial charge in [0.2, 0.25) is 0 Å². The minimum absolute atomic E-state index is 0.424. The standard InChI is InChI=1S/C47H28N2O/c1-3-14-29(15-4-1)40-28-41(30-16-5-2-6-17-30)49-46(48-40)35-21-13-25-42-43(35)34-26-27-39-44(45(34)50-42)33-20-9-12-24-38(33)47(39)36-22-10-7-18-31(36)32-19-8-11-23-37(32)47/h1-28H. The number of aromatic nitrogens is 2. The maximum Gasteiger partial charge on any atom is 0.161 e. The summed E-state index contributed by atoms with van der Waals surface area (Å²) in [5, 5.41) is 2.09. The van der Waals surface area contributed by atoms with E-state index in [-0.39, 0.29) is 0 Å². The molecule has 0 unspecified atom stereocenters. The summed E-state index contributed by atoms with van der Waals surface area (Å²) in [4.78, 5) is 10.4. The van der Waals surface area contributed by atoms with Gasteiger partial charge >= 0.3 is 0 Å². The SMILES string of the molecule is c1ccc(-c2cc(-c3ccccc3)nc(-c3cccc4oc5c6c(ccc5c34)C3(c4ccccc4-c4ccccc43)c3ccccc3-6)n2)cc1. The number of hydrogen-bond acceptors (Lipinski definition) is 3. The molecular weight excluding hydrogens is 609 g/mol. The predicted molar refractivity (Wildman–Crippen MR) is 202 cm³/mol. The lowest BCUT2D eigenvalue weighted by molar-refractivity contribution is 0.669. The molecule has 0 radical (unpaired) electrons. The molecule has 232 valence electrons. The van der Waals surface area contributed by atoms with Gasteiger partial charge < -0.3 is 4.42 Å². The molecule has 0 atom stereocenters. The van der Waals surface area contributed by atoms with Crippen LogP contribution < -0.4 is 0 Å². The Morgan fingerprint density at radius 1 is 0.420 bits per heavy atom. The highest BCUT2D eigenvalue weighted by Crippen LogP contribution is 2.64. The fraction of sp³-hybridized carbons (Fsp3) is 0.0213. The van der Waals surface area contributed by atoms with Crippen LogP contribution in [0.5, 0.6) is 0 Å². The van der Waals surface area contributed by atoms with Crippen molar-refractivity contribution >= 4 is 21.9 Å². The topological polar surface area (TPSA) is 38.9 Å². The fourth-order valence-corrected chi connectivity index (χ4v) is 8.73. The Morgan fingerprint density at radius 3 is 1.56 bits per heavy atom. The number of fused-ring (bicyclic) bond motifs is 14. The maximum atomic E-state index is 6.97. The largest absolute Gasteiger partial charge is 0.455 e. The van der Waals surface area contributed by atoms with Crippen LogP contribution in [0.25, 0.3) is 78.1 Å². The number of hydrogen-bond donors (Lipinski definition) is 0. The van der Waals surface area contributed by atoms with Crippen LogP contribution in [0.4, 0.5) is 0 Å². The van der Waals surface area contributed by atoms with Crippen LogP contribution in [0, 0.1) is 0 Å². The van der Waals surface area contributed by atoms with E-state index >= 15 is 0 Å². The summed E-state index contributed by atoms with van der Waals surface area (Å²) >= 11 is 0. The summed E-state index contributed by atoms with van der Waals surface area (Å²) in [6.07, 6.45) is 0. The second kappa shape index (κ2) is 10.2. The van der Waals surface area contributed by atoms with Gasteiger partial charge in [0, 0.05) is 33.0 Å². The summed E-state index contributed by atoms with van der Waals surface area (Å²) in [6.45, 7) is 0. The lowest BCUT2D eigenvalue weighted by atomic mass is 9.70. The van der Waals surface area contributed by atoms with E-state index < -0.39 is 5.41 Å². The summed E-state index contributed by atoms with van der Waals surface area (Å²) in [5.41, 5.74) is 16.3. The number of nitrogens with zero attached hydrogens (tertiary/aromatic N) is 2. The molecule has 2 aromatic heterocycles. The third-order valence-electron chi connectivity index (χ3n) is 10.7. The molecule has 0 N–H and O–H groups in total. The summed E-state index contributed by atoms with van der Waals surface area (Å²) < 4.78 is 6.97. The van der Waals surface area contributed by atoms with E-state index in [9.17, 15) is 0 Å². The first-order valence-electron chi connectivity index (χ1n) is 17.1. The van der Waals surface area contributed by atoms with Gasteiger partial charge in [0.05, 0.1) is 16.8 Å². The number of benzene rings is 7. The quantitative estimate of drug-likeness (QED) is 0.194. The molecule has 0 fully saturated rings. The highest BCUT2D eigenvalue weighted by atomic mass is 16.3. The average molecular weight is 637 g/mol. The van der Waals surface area contributed by atoms with Gasteiger partial charge in [-0.25, -0.2) is 9.97 Å². The number of furan rings is 1. The van der Waals surface area contributed by atoms with Gasteiger partial charge in [-0.3, -0.25) is 0 Å². The monoisotopic (exact) mass is 636 g/mol. The third-order valence-corrected chi connectivity index (χ3v) is 10.7. The minimum Gasteiger partial charge on any atom is -0.455 e. The van der Waals surface area contributed by atoms with E-state index in [0.29, 0.717) is 5.82 Å². The molecule has 50 heavy (non-hydrogen) atoms. The van der Waals surface area contributed by atoms with E-state index in [1.807, 2.05) is 12.1 Å². The van der Waals surface area contributed by atoms with Gasteiger partial charge in [-0.15, -0.1) is 0 Å². The second-order valence-corrected chi connectivity index (χ2v) is 13.2. The van der Waals surface area contributed by atoms with Gasteiger partial charge in [0.15, 0.2) is 5.82 Å². The minimum atomic E-state index is -0.424. The Bertz CT molecular complexity index is 2710. The molecule has 0 saturated carbocycles. The van der Waals surface area contributed by atoms with Gasteiger partial charge in [-0.1, -0.05) is 158 Å². The Labute approximate surface area is 289 Å². The molecule has 9 aromatic rings. The second-order valence-electron chi connectivity index (χ2n) is 13.2. The summed E-state index contributed by atoms with van der Waals surface area (Å²) in [6, 6.07) is 60.3. The fourth-order valence-electron chi connectivity index (χ4n) is 8.73. The maximum absolute atomic E-state index is 6.97. The lowest BCUT2D eigenvalue weighted by Gasteiger charge is -2.30. The highest BCUT2D eigenvalue weighted by molar-refractivity contribution is 6.17. The van der Waals surface area contributed by atoms with Crippen LogP contribution in [0.15, 0.2) is 174 Å². The Kier molecular flexibility index (Phi) is 5.59. The summed E-state index contributed by atoms with van der Waals surface area (Å²) in [7, 11) is 0. The van der Waals surface area contributed by atoms with Crippen molar-refractivity contribution in [3.8, 4) is 56.2 Å². The molecule has 3 nitrogen and oxygen atoms in total. The molecule has 1 spiro atoms. The van der Waals surface area contributed by atoms with Crippen LogP contribution in [0.2, 0.25) is 0 Å². The van der Waals surface area contributed by atoms with E-state index in [4.69, 9.17) is 14.4 Å². The lowest BCUT2D eigenvalue weighted by Crippen LogP contribution is -2.25. The van der Waals surface area contributed by atoms with Gasteiger partial charge in [-0.05, 0) is 51.1 Å². The van der Waals surface area contributed by atoms with Crippen LogP contribution in [-0.4, -0.2) is 9.97 Å². The van der Waals surface area contributed by atoms with Crippen molar-refractivity contribution in [3.05, 3.63) is 192 Å². The molecule has 0 saturated heterocycles. The molecule has 2 aliphatic rings. The van der Waals surface area contributed by atoms with Gasteiger partial charge in [0.25, 0.3) is 0 Å². The van der Waals surface area contributed by atoms with Crippen LogP contribution in [0.1, 0.15) is 22.3 Å². The zero-order valence-corrected chi connectivity index (χ0v) is 27.0. The van der Waals surface area contributed by atoms with Crippen molar-refractivity contribution in [2.45, 2.75) is 5.41 Å². The highest BCUT2D eigenvalue weighted by Gasteiger charge is 2.52. The van der Waals surface area contributed by atoms with Crippen molar-refractivity contribution in [1.29, 1.82) is 0 Å².